The summed E-state index contributed by atoms with van der Waals surface area (Å²) in [5.74, 6) is 0.645. The molecule has 2 heterocycles. The topological polar surface area (TPSA) is 117 Å². The summed E-state index contributed by atoms with van der Waals surface area (Å²) in [6, 6.07) is 15.1. The Balaban J connectivity index is 1.66. The maximum atomic E-state index is 13.2. The van der Waals surface area contributed by atoms with Gasteiger partial charge in [-0.2, -0.15) is 5.26 Å². The van der Waals surface area contributed by atoms with E-state index in [0.29, 0.717) is 17.8 Å². The average Bonchev–Trinajstić information content (AvgIpc) is 3.13. The van der Waals surface area contributed by atoms with Crippen LogP contribution in [0.2, 0.25) is 0 Å². The Morgan fingerprint density at radius 1 is 1.26 bits per heavy atom. The van der Waals surface area contributed by atoms with Crippen molar-refractivity contribution in [2.24, 2.45) is 5.73 Å². The van der Waals surface area contributed by atoms with E-state index in [1.807, 2.05) is 50.1 Å². The average molecular weight is 455 g/mol. The number of aromatic nitrogens is 2. The van der Waals surface area contributed by atoms with Gasteiger partial charge in [-0.25, -0.2) is 9.97 Å². The van der Waals surface area contributed by atoms with E-state index in [9.17, 15) is 4.79 Å². The quantitative estimate of drug-likeness (QED) is 0.546. The van der Waals surface area contributed by atoms with Crippen LogP contribution in [0.25, 0.3) is 5.57 Å². The van der Waals surface area contributed by atoms with Gasteiger partial charge in [0.2, 0.25) is 0 Å². The molecule has 0 bridgehead atoms. The zero-order valence-corrected chi connectivity index (χ0v) is 19.4. The standard InChI is InChI=1S/C26H26N6O2/c1-26(2)13-19-11-21(31-25(33)20(15-28)24-29-9-4-10-30-24)22(12-23(19)34-26)32(3)16-18-7-5-17(14-27)6-8-18/h4-12,15H,13,16,28H2,1-3H3,(H,31,33). The Labute approximate surface area is 198 Å². The Bertz CT molecular complexity index is 1280. The first-order valence-electron chi connectivity index (χ1n) is 10.9. The number of benzene rings is 2. The molecule has 0 unspecified atom stereocenters. The molecular weight excluding hydrogens is 428 g/mol. The maximum Gasteiger partial charge on any atom is 0.261 e. The van der Waals surface area contributed by atoms with Crippen molar-refractivity contribution < 1.29 is 9.53 Å². The molecule has 172 valence electrons. The summed E-state index contributed by atoms with van der Waals surface area (Å²) in [5, 5.41) is 12.0. The number of ether oxygens (including phenoxy) is 1. The van der Waals surface area contributed by atoms with Crippen LogP contribution in [-0.2, 0) is 17.8 Å². The molecule has 8 heteroatoms. The van der Waals surface area contributed by atoms with E-state index >= 15 is 0 Å². The van der Waals surface area contributed by atoms with Gasteiger partial charge in [-0.1, -0.05) is 12.1 Å². The lowest BCUT2D eigenvalue weighted by atomic mass is 10.0. The predicted octanol–water partition coefficient (Wildman–Crippen LogP) is 3.64. The van der Waals surface area contributed by atoms with Gasteiger partial charge in [-0.05, 0) is 43.7 Å². The van der Waals surface area contributed by atoms with Gasteiger partial charge in [-0.15, -0.1) is 0 Å². The zero-order valence-electron chi connectivity index (χ0n) is 19.4. The lowest BCUT2D eigenvalue weighted by Crippen LogP contribution is -2.24. The molecule has 34 heavy (non-hydrogen) atoms. The Morgan fingerprint density at radius 3 is 2.62 bits per heavy atom. The molecule has 1 aliphatic rings. The normalized spacial score (nSPS) is 14.0. The fourth-order valence-corrected chi connectivity index (χ4v) is 3.98. The van der Waals surface area contributed by atoms with Gasteiger partial charge in [0.1, 0.15) is 11.4 Å². The van der Waals surface area contributed by atoms with Crippen molar-refractivity contribution in [3.63, 3.8) is 0 Å². The largest absolute Gasteiger partial charge is 0.487 e. The molecule has 0 saturated carbocycles. The van der Waals surface area contributed by atoms with Crippen molar-refractivity contribution in [3.05, 3.63) is 83.6 Å². The van der Waals surface area contributed by atoms with E-state index in [0.717, 1.165) is 29.0 Å². The minimum atomic E-state index is -0.403. The number of nitrogens with two attached hydrogens (primary N) is 1. The van der Waals surface area contributed by atoms with Gasteiger partial charge in [0.25, 0.3) is 5.91 Å². The van der Waals surface area contributed by atoms with Gasteiger partial charge in [0.15, 0.2) is 5.82 Å². The minimum Gasteiger partial charge on any atom is -0.487 e. The van der Waals surface area contributed by atoms with Crippen LogP contribution in [0.5, 0.6) is 5.75 Å². The number of hydrogen-bond donors (Lipinski definition) is 2. The highest BCUT2D eigenvalue weighted by molar-refractivity contribution is 6.24. The van der Waals surface area contributed by atoms with E-state index in [4.69, 9.17) is 15.7 Å². The third kappa shape index (κ3) is 4.84. The van der Waals surface area contributed by atoms with Crippen LogP contribution in [0, 0.1) is 11.3 Å². The summed E-state index contributed by atoms with van der Waals surface area (Å²) >= 11 is 0. The van der Waals surface area contributed by atoms with Crippen molar-refractivity contribution in [1.29, 1.82) is 5.26 Å². The van der Waals surface area contributed by atoms with Gasteiger partial charge in [0, 0.05) is 50.2 Å². The molecule has 1 aliphatic heterocycles. The van der Waals surface area contributed by atoms with Crippen molar-refractivity contribution in [1.82, 2.24) is 9.97 Å². The number of fused-ring (bicyclic) bond motifs is 1. The van der Waals surface area contributed by atoms with E-state index in [-0.39, 0.29) is 17.0 Å². The van der Waals surface area contributed by atoms with Crippen molar-refractivity contribution in [2.45, 2.75) is 32.4 Å². The Kier molecular flexibility index (Phi) is 6.19. The predicted molar refractivity (Wildman–Crippen MR) is 131 cm³/mol. The number of nitrogens with zero attached hydrogens (tertiary/aromatic N) is 4. The second kappa shape index (κ2) is 9.24. The summed E-state index contributed by atoms with van der Waals surface area (Å²) < 4.78 is 6.14. The first-order valence-corrected chi connectivity index (χ1v) is 10.9. The molecule has 2 aromatic carbocycles. The molecule has 3 N–H and O–H groups in total. The fraction of sp³-hybridized carbons (Fsp3) is 0.231. The number of carbonyl (C=O) groups excluding carboxylic acids is 1. The molecule has 0 fully saturated rings. The molecule has 0 spiro atoms. The molecule has 1 amide bonds. The van der Waals surface area contributed by atoms with Crippen molar-refractivity contribution in [3.8, 4) is 11.8 Å². The van der Waals surface area contributed by atoms with Crippen LogP contribution in [0.15, 0.2) is 61.1 Å². The number of nitrogens with one attached hydrogen (secondary N) is 1. The second-order valence-corrected chi connectivity index (χ2v) is 8.79. The summed E-state index contributed by atoms with van der Waals surface area (Å²) in [6.45, 7) is 4.64. The van der Waals surface area contributed by atoms with Gasteiger partial charge < -0.3 is 20.7 Å². The minimum absolute atomic E-state index is 0.179. The number of rotatable bonds is 6. The highest BCUT2D eigenvalue weighted by Crippen LogP contribution is 2.41. The third-order valence-electron chi connectivity index (χ3n) is 5.56. The monoisotopic (exact) mass is 454 g/mol. The summed E-state index contributed by atoms with van der Waals surface area (Å²) in [7, 11) is 1.94. The zero-order chi connectivity index (χ0) is 24.3. The molecule has 0 saturated heterocycles. The van der Waals surface area contributed by atoms with E-state index in [1.54, 1.807) is 30.6 Å². The Morgan fingerprint density at radius 2 is 1.97 bits per heavy atom. The second-order valence-electron chi connectivity index (χ2n) is 8.79. The number of carbonyl (C=O) groups is 1. The highest BCUT2D eigenvalue weighted by Gasteiger charge is 2.32. The fourth-order valence-electron chi connectivity index (χ4n) is 3.98. The number of hydrogen-bond acceptors (Lipinski definition) is 7. The summed E-state index contributed by atoms with van der Waals surface area (Å²) in [6.07, 6.45) is 5.06. The molecule has 4 rings (SSSR count). The maximum absolute atomic E-state index is 13.2. The number of nitriles is 1. The van der Waals surface area contributed by atoms with Crippen LogP contribution in [0.3, 0.4) is 0 Å². The molecule has 0 aliphatic carbocycles. The SMILES string of the molecule is CN(Cc1ccc(C#N)cc1)c1cc2c(cc1NC(=O)C(=CN)c1ncccn1)CC(C)(C)O2. The van der Waals surface area contributed by atoms with Crippen molar-refractivity contribution >= 4 is 22.9 Å². The van der Waals surface area contributed by atoms with Gasteiger partial charge in [0.05, 0.1) is 28.6 Å². The van der Waals surface area contributed by atoms with E-state index < -0.39 is 5.91 Å². The smallest absolute Gasteiger partial charge is 0.261 e. The molecule has 8 nitrogen and oxygen atoms in total. The third-order valence-corrected chi connectivity index (χ3v) is 5.56. The Hall–Kier alpha value is -4.38. The summed E-state index contributed by atoms with van der Waals surface area (Å²) in [4.78, 5) is 23.5. The van der Waals surface area contributed by atoms with Gasteiger partial charge in [-0.3, -0.25) is 4.79 Å². The van der Waals surface area contributed by atoms with E-state index in [2.05, 4.69) is 21.4 Å². The van der Waals surface area contributed by atoms with Crippen LogP contribution in [0.1, 0.15) is 36.4 Å². The lowest BCUT2D eigenvalue weighted by Gasteiger charge is -2.24. The highest BCUT2D eigenvalue weighted by atomic mass is 16.5. The molecule has 3 aromatic rings. The van der Waals surface area contributed by atoms with Crippen molar-refractivity contribution in [2.75, 3.05) is 17.3 Å². The molecular formula is C26H26N6O2. The van der Waals surface area contributed by atoms with Crippen LogP contribution >= 0.6 is 0 Å². The van der Waals surface area contributed by atoms with Crippen LogP contribution in [0.4, 0.5) is 11.4 Å². The number of anilines is 2. The van der Waals surface area contributed by atoms with E-state index in [1.165, 1.54) is 6.20 Å². The summed E-state index contributed by atoms with van der Waals surface area (Å²) in [5.41, 5.74) is 9.69. The number of amides is 1. The van der Waals surface area contributed by atoms with Crippen LogP contribution < -0.4 is 20.7 Å². The molecule has 0 atom stereocenters. The molecule has 1 aromatic heterocycles. The lowest BCUT2D eigenvalue weighted by molar-refractivity contribution is -0.111. The van der Waals surface area contributed by atoms with Crippen LogP contribution in [-0.4, -0.2) is 28.5 Å². The first-order chi connectivity index (χ1) is 16.3. The molecule has 0 radical (unpaired) electrons. The first kappa shape index (κ1) is 22.8. The van der Waals surface area contributed by atoms with Gasteiger partial charge >= 0.3 is 0 Å².